The number of para-hydroxylation sites is 1. The number of halogens is 2. The van der Waals surface area contributed by atoms with E-state index in [1.807, 2.05) is 36.4 Å². The van der Waals surface area contributed by atoms with Crippen molar-refractivity contribution in [1.82, 2.24) is 19.8 Å². The maximum atomic E-state index is 14.1. The van der Waals surface area contributed by atoms with Gasteiger partial charge in [-0.1, -0.05) is 89.9 Å². The minimum Gasteiger partial charge on any atom is -0.379 e. The van der Waals surface area contributed by atoms with Crippen molar-refractivity contribution in [3.63, 3.8) is 0 Å². The van der Waals surface area contributed by atoms with E-state index in [9.17, 15) is 4.79 Å². The van der Waals surface area contributed by atoms with Crippen molar-refractivity contribution in [2.45, 2.75) is 6.54 Å². The number of H-pyrrole nitrogens is 1. The number of aromatic amines is 1. The van der Waals surface area contributed by atoms with E-state index in [2.05, 4.69) is 80.4 Å². The van der Waals surface area contributed by atoms with Gasteiger partial charge in [0.2, 0.25) is 0 Å². The van der Waals surface area contributed by atoms with Gasteiger partial charge < -0.3 is 19.6 Å². The predicted molar refractivity (Wildman–Crippen MR) is 180 cm³/mol. The van der Waals surface area contributed by atoms with Crippen molar-refractivity contribution in [1.29, 1.82) is 0 Å². The van der Waals surface area contributed by atoms with Crippen LogP contribution < -0.4 is 5.32 Å². The van der Waals surface area contributed by atoms with E-state index in [0.717, 1.165) is 82.6 Å². The molecule has 222 valence electrons. The average molecular weight is 624 g/mol. The van der Waals surface area contributed by atoms with Crippen LogP contribution in [-0.4, -0.2) is 59.8 Å². The summed E-state index contributed by atoms with van der Waals surface area (Å²) in [5.41, 5.74) is 7.50. The summed E-state index contributed by atoms with van der Waals surface area (Å²) >= 11 is 12.7. The number of nitrogens with zero attached hydrogens (tertiary/aromatic N) is 2. The Hall–Kier alpha value is -4.07. The molecule has 3 heterocycles. The second kappa shape index (κ2) is 12.5. The number of amides is 1. The number of hydrogen-bond acceptors (Lipinski definition) is 3. The molecule has 6 nitrogen and oxygen atoms in total. The highest BCUT2D eigenvalue weighted by Crippen LogP contribution is 2.45. The van der Waals surface area contributed by atoms with Gasteiger partial charge in [-0.3, -0.25) is 9.69 Å². The van der Waals surface area contributed by atoms with Crippen molar-refractivity contribution in [2.75, 3.05) is 39.4 Å². The fourth-order valence-corrected chi connectivity index (χ4v) is 6.52. The standard InChI is InChI=1S/C36H32Cl2N4O2/c37-26-12-10-24(11-13-26)23-42-31-9-5-4-8-29(31)32(25-6-2-1-3-7-25)35(42)33-28-15-14-27(38)22-30(28)40-34(33)36(43)39-16-17-41-18-20-44-21-19-41/h1-15,22,40H,16-21,23H2,(H,39,43). The van der Waals surface area contributed by atoms with E-state index in [4.69, 9.17) is 27.9 Å². The van der Waals surface area contributed by atoms with E-state index < -0.39 is 0 Å². The lowest BCUT2D eigenvalue weighted by molar-refractivity contribution is 0.0383. The fraction of sp³-hybridized carbons (Fsp3) is 0.194. The quantitative estimate of drug-likeness (QED) is 0.181. The molecule has 1 amide bonds. The lowest BCUT2D eigenvalue weighted by atomic mass is 9.96. The zero-order chi connectivity index (χ0) is 30.0. The summed E-state index contributed by atoms with van der Waals surface area (Å²) in [6.07, 6.45) is 0. The van der Waals surface area contributed by atoms with Gasteiger partial charge in [-0.2, -0.15) is 0 Å². The normalized spacial score (nSPS) is 14.0. The van der Waals surface area contributed by atoms with Crippen LogP contribution in [0.3, 0.4) is 0 Å². The largest absolute Gasteiger partial charge is 0.379 e. The first-order valence-corrected chi connectivity index (χ1v) is 15.6. The molecule has 2 N–H and O–H groups in total. The van der Waals surface area contributed by atoms with Crippen molar-refractivity contribution in [2.24, 2.45) is 0 Å². The number of hydrogen-bond donors (Lipinski definition) is 2. The van der Waals surface area contributed by atoms with E-state index in [-0.39, 0.29) is 5.91 Å². The molecule has 0 atom stereocenters. The highest BCUT2D eigenvalue weighted by Gasteiger charge is 2.28. The van der Waals surface area contributed by atoms with Crippen molar-refractivity contribution >= 4 is 50.9 Å². The molecular formula is C36H32Cl2N4O2. The van der Waals surface area contributed by atoms with Crippen LogP contribution in [0.4, 0.5) is 0 Å². The zero-order valence-corrected chi connectivity index (χ0v) is 25.7. The molecular weight excluding hydrogens is 591 g/mol. The molecule has 2 aromatic heterocycles. The first kappa shape index (κ1) is 28.7. The first-order chi connectivity index (χ1) is 21.6. The number of fused-ring (bicyclic) bond motifs is 2. The molecule has 0 bridgehead atoms. The number of morpholine rings is 1. The maximum absolute atomic E-state index is 14.1. The minimum absolute atomic E-state index is 0.150. The summed E-state index contributed by atoms with van der Waals surface area (Å²) in [7, 11) is 0. The van der Waals surface area contributed by atoms with Crippen molar-refractivity contribution < 1.29 is 9.53 Å². The number of benzene rings is 4. The number of rotatable bonds is 8. The predicted octanol–water partition coefficient (Wildman–Crippen LogP) is 7.87. The van der Waals surface area contributed by atoms with Gasteiger partial charge in [0.1, 0.15) is 5.69 Å². The van der Waals surface area contributed by atoms with Gasteiger partial charge in [0.15, 0.2) is 0 Å². The van der Waals surface area contributed by atoms with E-state index in [1.54, 1.807) is 0 Å². The molecule has 0 aliphatic carbocycles. The third kappa shape index (κ3) is 5.62. The molecule has 7 rings (SSSR count). The Kier molecular flexibility index (Phi) is 8.15. The molecule has 1 saturated heterocycles. The monoisotopic (exact) mass is 622 g/mol. The van der Waals surface area contributed by atoms with Crippen LogP contribution in [0.25, 0.3) is 44.2 Å². The molecule has 1 aliphatic heterocycles. The summed E-state index contributed by atoms with van der Waals surface area (Å²) in [4.78, 5) is 19.8. The van der Waals surface area contributed by atoms with E-state index in [0.29, 0.717) is 28.8 Å². The lowest BCUT2D eigenvalue weighted by Crippen LogP contribution is -2.41. The summed E-state index contributed by atoms with van der Waals surface area (Å²) in [6, 6.07) is 32.6. The fourth-order valence-electron chi connectivity index (χ4n) is 6.22. The number of carbonyl (C=O) groups excluding carboxylic acids is 1. The number of carbonyl (C=O) groups is 1. The molecule has 1 fully saturated rings. The highest BCUT2D eigenvalue weighted by molar-refractivity contribution is 6.31. The maximum Gasteiger partial charge on any atom is 0.268 e. The molecule has 6 aromatic rings. The number of ether oxygens (including phenoxy) is 1. The number of aromatic nitrogens is 2. The second-order valence-electron chi connectivity index (χ2n) is 11.1. The van der Waals surface area contributed by atoms with Crippen molar-refractivity contribution in [3.8, 4) is 22.4 Å². The van der Waals surface area contributed by atoms with Gasteiger partial charge in [-0.15, -0.1) is 0 Å². The molecule has 0 spiro atoms. The Morgan fingerprint density at radius 3 is 2.34 bits per heavy atom. The number of nitrogens with one attached hydrogen (secondary N) is 2. The molecule has 4 aromatic carbocycles. The Morgan fingerprint density at radius 2 is 1.55 bits per heavy atom. The summed E-state index contributed by atoms with van der Waals surface area (Å²) in [5, 5.41) is 6.54. The van der Waals surface area contributed by atoms with Gasteiger partial charge in [0.25, 0.3) is 5.91 Å². The third-order valence-electron chi connectivity index (χ3n) is 8.33. The lowest BCUT2D eigenvalue weighted by Gasteiger charge is -2.26. The van der Waals surface area contributed by atoms with Crippen LogP contribution in [0.2, 0.25) is 10.0 Å². The second-order valence-corrected chi connectivity index (χ2v) is 12.0. The third-order valence-corrected chi connectivity index (χ3v) is 8.82. The van der Waals surface area contributed by atoms with Crippen LogP contribution >= 0.6 is 23.2 Å². The van der Waals surface area contributed by atoms with Crippen molar-refractivity contribution in [3.05, 3.63) is 118 Å². The molecule has 0 unspecified atom stereocenters. The van der Waals surface area contributed by atoms with Crippen LogP contribution in [0.1, 0.15) is 16.1 Å². The topological polar surface area (TPSA) is 62.3 Å². The summed E-state index contributed by atoms with van der Waals surface area (Å²) in [5.74, 6) is -0.150. The van der Waals surface area contributed by atoms with Gasteiger partial charge in [-0.05, 0) is 41.5 Å². The van der Waals surface area contributed by atoms with Crippen LogP contribution in [0, 0.1) is 0 Å². The van der Waals surface area contributed by atoms with Crippen LogP contribution in [0.5, 0.6) is 0 Å². The first-order valence-electron chi connectivity index (χ1n) is 14.9. The molecule has 0 saturated carbocycles. The molecule has 0 radical (unpaired) electrons. The van der Waals surface area contributed by atoms with Gasteiger partial charge in [0.05, 0.1) is 18.9 Å². The average Bonchev–Trinajstić information content (AvgIpc) is 3.58. The summed E-state index contributed by atoms with van der Waals surface area (Å²) in [6.45, 7) is 5.09. The van der Waals surface area contributed by atoms with Crippen LogP contribution in [0.15, 0.2) is 97.1 Å². The Labute approximate surface area is 266 Å². The van der Waals surface area contributed by atoms with Crippen LogP contribution in [-0.2, 0) is 11.3 Å². The highest BCUT2D eigenvalue weighted by atomic mass is 35.5. The Balaban J connectivity index is 1.43. The van der Waals surface area contributed by atoms with E-state index in [1.165, 1.54) is 0 Å². The molecule has 44 heavy (non-hydrogen) atoms. The van der Waals surface area contributed by atoms with Gasteiger partial charge >= 0.3 is 0 Å². The minimum atomic E-state index is -0.150. The van der Waals surface area contributed by atoms with Gasteiger partial charge in [-0.25, -0.2) is 0 Å². The van der Waals surface area contributed by atoms with E-state index >= 15 is 0 Å². The molecule has 8 heteroatoms. The smallest absolute Gasteiger partial charge is 0.268 e. The SMILES string of the molecule is O=C(NCCN1CCOCC1)c1[nH]c2cc(Cl)ccc2c1-c1c(-c2ccccc2)c2ccccc2n1Cc1ccc(Cl)cc1. The summed E-state index contributed by atoms with van der Waals surface area (Å²) < 4.78 is 7.81. The molecule has 1 aliphatic rings. The zero-order valence-electron chi connectivity index (χ0n) is 24.2. The van der Waals surface area contributed by atoms with Gasteiger partial charge in [0, 0.05) is 75.7 Å². The Bertz CT molecular complexity index is 1940. The Morgan fingerprint density at radius 1 is 0.818 bits per heavy atom.